The number of ether oxygens (including phenoxy) is 3. The Morgan fingerprint density at radius 1 is 1.21 bits per heavy atom. The van der Waals surface area contributed by atoms with Crippen molar-refractivity contribution in [2.45, 2.75) is 25.9 Å². The number of anilines is 1. The predicted octanol–water partition coefficient (Wildman–Crippen LogP) is 2.96. The summed E-state index contributed by atoms with van der Waals surface area (Å²) >= 11 is 0. The van der Waals surface area contributed by atoms with Crippen molar-refractivity contribution in [1.82, 2.24) is 0 Å². The van der Waals surface area contributed by atoms with E-state index in [0.29, 0.717) is 19.8 Å². The highest BCUT2D eigenvalue weighted by Crippen LogP contribution is 2.30. The molecule has 1 aliphatic rings. The van der Waals surface area contributed by atoms with E-state index in [9.17, 15) is 4.79 Å². The molecule has 1 aliphatic heterocycles. The van der Waals surface area contributed by atoms with E-state index in [2.05, 4.69) is 11.0 Å². The number of nitrogens with two attached hydrogens (primary N) is 1. The van der Waals surface area contributed by atoms with Gasteiger partial charge in [0, 0.05) is 12.5 Å². The maximum atomic E-state index is 11.6. The number of hydrogen-bond acceptors (Lipinski definition) is 5. The average Bonchev–Trinajstić information content (AvgIpc) is 2.72. The second kappa shape index (κ2) is 9.46. The molecule has 1 amide bonds. The Balaban J connectivity index is 1.55. The molecule has 0 bridgehead atoms. The Morgan fingerprint density at radius 3 is 2.68 bits per heavy atom. The molecule has 2 atom stereocenters. The molecule has 6 heteroatoms. The number of rotatable bonds is 9. The third-order valence-corrected chi connectivity index (χ3v) is 4.94. The van der Waals surface area contributed by atoms with Crippen LogP contribution < -0.4 is 20.1 Å². The van der Waals surface area contributed by atoms with E-state index in [0.717, 1.165) is 35.8 Å². The van der Waals surface area contributed by atoms with Crippen LogP contribution in [-0.4, -0.2) is 44.9 Å². The van der Waals surface area contributed by atoms with Crippen LogP contribution in [0, 0.1) is 0 Å². The summed E-state index contributed by atoms with van der Waals surface area (Å²) in [7, 11) is 0. The first kappa shape index (κ1) is 20.0. The Labute approximate surface area is 166 Å². The lowest BCUT2D eigenvalue weighted by atomic mass is 9.95. The summed E-state index contributed by atoms with van der Waals surface area (Å²) in [4.78, 5) is 13.9. The largest absolute Gasteiger partial charge is 0.492 e. The molecule has 2 N–H and O–H groups in total. The average molecular weight is 384 g/mol. The van der Waals surface area contributed by atoms with Crippen molar-refractivity contribution in [1.29, 1.82) is 0 Å². The molecular formula is C22H28N2O4. The highest BCUT2D eigenvalue weighted by Gasteiger charge is 2.24. The number of carbonyl (C=O) groups excluding carboxylic acids is 1. The van der Waals surface area contributed by atoms with Gasteiger partial charge in [0.2, 0.25) is 5.91 Å². The molecule has 2 unspecified atom stereocenters. The predicted molar refractivity (Wildman–Crippen MR) is 109 cm³/mol. The zero-order valence-corrected chi connectivity index (χ0v) is 16.5. The molecule has 0 radical (unpaired) electrons. The SMILES string of the molecule is CCOC(C(N)=O)C(C)c1ccc(OCCN2CCOc3ccccc32)cc1. The molecule has 150 valence electrons. The van der Waals surface area contributed by atoms with E-state index in [-0.39, 0.29) is 5.92 Å². The second-order valence-electron chi connectivity index (χ2n) is 6.79. The third-order valence-electron chi connectivity index (χ3n) is 4.94. The summed E-state index contributed by atoms with van der Waals surface area (Å²) in [5.74, 6) is 1.16. The van der Waals surface area contributed by atoms with E-state index in [1.807, 2.05) is 56.3 Å². The van der Waals surface area contributed by atoms with Crippen LogP contribution >= 0.6 is 0 Å². The van der Waals surface area contributed by atoms with E-state index in [1.54, 1.807) is 0 Å². The van der Waals surface area contributed by atoms with E-state index in [4.69, 9.17) is 19.9 Å². The van der Waals surface area contributed by atoms with Gasteiger partial charge in [0.05, 0.1) is 18.8 Å². The van der Waals surface area contributed by atoms with Gasteiger partial charge < -0.3 is 24.8 Å². The fraction of sp³-hybridized carbons (Fsp3) is 0.409. The van der Waals surface area contributed by atoms with Gasteiger partial charge in [-0.05, 0) is 36.8 Å². The van der Waals surface area contributed by atoms with Gasteiger partial charge in [-0.25, -0.2) is 0 Å². The molecule has 0 aromatic heterocycles. The van der Waals surface area contributed by atoms with Crippen LogP contribution in [0.3, 0.4) is 0 Å². The molecule has 2 aromatic rings. The molecule has 0 aliphatic carbocycles. The molecule has 6 nitrogen and oxygen atoms in total. The first-order chi connectivity index (χ1) is 13.6. The lowest BCUT2D eigenvalue weighted by Gasteiger charge is -2.31. The number of carbonyl (C=O) groups is 1. The minimum Gasteiger partial charge on any atom is -0.492 e. The molecule has 0 spiro atoms. The smallest absolute Gasteiger partial charge is 0.247 e. The van der Waals surface area contributed by atoms with Gasteiger partial charge in [-0.3, -0.25) is 4.79 Å². The Bertz CT molecular complexity index is 778. The lowest BCUT2D eigenvalue weighted by molar-refractivity contribution is -0.130. The summed E-state index contributed by atoms with van der Waals surface area (Å²) in [5.41, 5.74) is 7.56. The number of benzene rings is 2. The zero-order chi connectivity index (χ0) is 19.9. The van der Waals surface area contributed by atoms with Crippen molar-refractivity contribution in [2.75, 3.05) is 37.8 Å². The van der Waals surface area contributed by atoms with Gasteiger partial charge in [0.25, 0.3) is 0 Å². The summed E-state index contributed by atoms with van der Waals surface area (Å²) in [5, 5.41) is 0. The van der Waals surface area contributed by atoms with Crippen LogP contribution in [-0.2, 0) is 9.53 Å². The van der Waals surface area contributed by atoms with Crippen LogP contribution in [0.4, 0.5) is 5.69 Å². The maximum Gasteiger partial charge on any atom is 0.247 e. The van der Waals surface area contributed by atoms with Gasteiger partial charge in [-0.1, -0.05) is 31.2 Å². The van der Waals surface area contributed by atoms with Crippen molar-refractivity contribution in [3.05, 3.63) is 54.1 Å². The number of nitrogens with zero attached hydrogens (tertiary/aromatic N) is 1. The van der Waals surface area contributed by atoms with Crippen molar-refractivity contribution >= 4 is 11.6 Å². The highest BCUT2D eigenvalue weighted by molar-refractivity contribution is 5.80. The number of primary amides is 1. The summed E-state index contributed by atoms with van der Waals surface area (Å²) in [6.45, 7) is 7.14. The molecule has 0 saturated carbocycles. The number of para-hydroxylation sites is 2. The van der Waals surface area contributed by atoms with Crippen LogP contribution in [0.1, 0.15) is 25.3 Å². The van der Waals surface area contributed by atoms with E-state index in [1.165, 1.54) is 0 Å². The van der Waals surface area contributed by atoms with Gasteiger partial charge in [-0.2, -0.15) is 0 Å². The van der Waals surface area contributed by atoms with Crippen LogP contribution in [0.15, 0.2) is 48.5 Å². The summed E-state index contributed by atoms with van der Waals surface area (Å²) in [6.07, 6.45) is -0.627. The number of hydrogen-bond donors (Lipinski definition) is 1. The van der Waals surface area contributed by atoms with Crippen LogP contribution in [0.25, 0.3) is 0 Å². The van der Waals surface area contributed by atoms with Crippen LogP contribution in [0.2, 0.25) is 0 Å². The van der Waals surface area contributed by atoms with Crippen molar-refractivity contribution in [2.24, 2.45) is 5.73 Å². The maximum absolute atomic E-state index is 11.6. The topological polar surface area (TPSA) is 74.0 Å². The minimum atomic E-state index is -0.627. The number of fused-ring (bicyclic) bond motifs is 1. The molecule has 0 fully saturated rings. The quantitative estimate of drug-likeness (QED) is 0.719. The fourth-order valence-corrected chi connectivity index (χ4v) is 3.43. The number of amides is 1. The van der Waals surface area contributed by atoms with Gasteiger partial charge in [-0.15, -0.1) is 0 Å². The van der Waals surface area contributed by atoms with E-state index < -0.39 is 12.0 Å². The minimum absolute atomic E-state index is 0.114. The fourth-order valence-electron chi connectivity index (χ4n) is 3.43. The first-order valence-electron chi connectivity index (χ1n) is 9.70. The Hall–Kier alpha value is -2.73. The van der Waals surface area contributed by atoms with Gasteiger partial charge in [0.15, 0.2) is 0 Å². The molecular weight excluding hydrogens is 356 g/mol. The summed E-state index contributed by atoms with van der Waals surface area (Å²) in [6, 6.07) is 15.8. The molecule has 2 aromatic carbocycles. The van der Waals surface area contributed by atoms with Crippen molar-refractivity contribution in [3.63, 3.8) is 0 Å². The lowest BCUT2D eigenvalue weighted by Crippen LogP contribution is -2.35. The Morgan fingerprint density at radius 2 is 1.96 bits per heavy atom. The molecule has 1 heterocycles. The van der Waals surface area contributed by atoms with Gasteiger partial charge in [0.1, 0.15) is 30.8 Å². The Kier molecular flexibility index (Phi) is 6.76. The zero-order valence-electron chi connectivity index (χ0n) is 16.5. The van der Waals surface area contributed by atoms with Crippen molar-refractivity contribution < 1.29 is 19.0 Å². The second-order valence-corrected chi connectivity index (χ2v) is 6.79. The van der Waals surface area contributed by atoms with Gasteiger partial charge >= 0.3 is 0 Å². The standard InChI is InChI=1S/C22H28N2O4/c1-3-26-21(22(23)25)16(2)17-8-10-18(11-9-17)27-14-12-24-13-15-28-20-7-5-4-6-19(20)24/h4-11,16,21H,3,12-15H2,1-2H3,(H2,23,25). The van der Waals surface area contributed by atoms with Crippen molar-refractivity contribution in [3.8, 4) is 11.5 Å². The van der Waals surface area contributed by atoms with E-state index >= 15 is 0 Å². The first-order valence-corrected chi connectivity index (χ1v) is 9.70. The normalized spacial score (nSPS) is 15.3. The van der Waals surface area contributed by atoms with Crippen LogP contribution in [0.5, 0.6) is 11.5 Å². The summed E-state index contributed by atoms with van der Waals surface area (Å²) < 4.78 is 17.1. The molecule has 28 heavy (non-hydrogen) atoms. The monoisotopic (exact) mass is 384 g/mol. The highest BCUT2D eigenvalue weighted by atomic mass is 16.5. The molecule has 0 saturated heterocycles. The molecule has 3 rings (SSSR count). The third kappa shape index (κ3) is 4.75.